The molecule has 0 unspecified atom stereocenters. The molecule has 0 aliphatic heterocycles. The summed E-state index contributed by atoms with van der Waals surface area (Å²) in [6.45, 7) is 2.72. The van der Waals surface area contributed by atoms with Crippen molar-refractivity contribution in [2.45, 2.75) is 13.5 Å². The summed E-state index contributed by atoms with van der Waals surface area (Å²) in [6.07, 6.45) is 4.01. The molecule has 1 amide bonds. The van der Waals surface area contributed by atoms with Crippen LogP contribution in [0, 0.1) is 5.82 Å². The van der Waals surface area contributed by atoms with E-state index in [1.807, 2.05) is 0 Å². The number of rotatable bonds is 10. The topological polar surface area (TPSA) is 163 Å². The lowest BCUT2D eigenvalue weighted by Crippen LogP contribution is -2.28. The molecule has 0 aliphatic rings. The number of amides is 1. The summed E-state index contributed by atoms with van der Waals surface area (Å²) < 4.78 is 17.6. The van der Waals surface area contributed by atoms with E-state index in [0.717, 1.165) is 11.4 Å². The molecular formula is C20H27FN4O6. The number of halogens is 1. The van der Waals surface area contributed by atoms with E-state index < -0.39 is 18.0 Å². The van der Waals surface area contributed by atoms with Crippen LogP contribution < -0.4 is 21.7 Å². The maximum atomic E-state index is 12.9. The predicted molar refractivity (Wildman–Crippen MR) is 112 cm³/mol. The van der Waals surface area contributed by atoms with Crippen molar-refractivity contribution in [3.8, 4) is 0 Å². The van der Waals surface area contributed by atoms with Gasteiger partial charge in [0.1, 0.15) is 5.82 Å². The molecule has 1 rings (SSSR count). The van der Waals surface area contributed by atoms with Crippen LogP contribution in [0.1, 0.15) is 12.5 Å². The second-order valence-corrected chi connectivity index (χ2v) is 5.56. The highest BCUT2D eigenvalue weighted by Crippen LogP contribution is 2.03. The Morgan fingerprint density at radius 2 is 1.68 bits per heavy atom. The fourth-order valence-corrected chi connectivity index (χ4v) is 1.82. The molecule has 0 radical (unpaired) electrons. The number of hydrogen-bond donors (Lipinski definition) is 6. The minimum atomic E-state index is -1.26. The molecule has 0 heterocycles. The fraction of sp³-hybridized carbons (Fsp3) is 0.250. The maximum Gasteiger partial charge on any atom is 0.411 e. The first-order valence-corrected chi connectivity index (χ1v) is 9.06. The van der Waals surface area contributed by atoms with Crippen molar-refractivity contribution in [3.63, 3.8) is 0 Å². The Hall–Kier alpha value is -3.86. The second kappa shape index (κ2) is 16.0. The third kappa shape index (κ3) is 14.7. The van der Waals surface area contributed by atoms with Gasteiger partial charge in [0.05, 0.1) is 12.4 Å². The predicted octanol–water partition coefficient (Wildman–Crippen LogP) is 1.28. The summed E-state index contributed by atoms with van der Waals surface area (Å²) in [5.41, 5.74) is 7.05. The first-order chi connectivity index (χ1) is 14.7. The van der Waals surface area contributed by atoms with Gasteiger partial charge in [-0.15, -0.1) is 0 Å². The Balaban J connectivity index is 0.000000954. The summed E-state index contributed by atoms with van der Waals surface area (Å²) >= 11 is 0. The van der Waals surface area contributed by atoms with E-state index in [0.29, 0.717) is 31.0 Å². The quantitative estimate of drug-likeness (QED) is 0.233. The summed E-state index contributed by atoms with van der Waals surface area (Å²) in [6, 6.07) is 6.24. The number of carbonyl (C=O) groups excluding carboxylic acids is 1. The Morgan fingerprint density at radius 1 is 1.10 bits per heavy atom. The molecule has 1 aromatic carbocycles. The zero-order valence-electron chi connectivity index (χ0n) is 17.2. The number of carbonyl (C=O) groups is 3. The number of nitrogens with one attached hydrogen (secondary N) is 3. The molecule has 31 heavy (non-hydrogen) atoms. The molecule has 170 valence electrons. The number of ether oxygens (including phenoxy) is 1. The standard InChI is InChI=1S/C16H23FN4O2.C4H4O4/c1-3-23-16(22)21-14(10-18)8-9-15(19-2)20-11-12-4-6-13(17)7-5-12;5-3(6)1-2-4(7)8/h4-9,19-20H,3,10-11,18H2,1-2H3,(H,21,22);1-2H,(H,5,6)(H,7,8)/b14-8+,15-9+;2-1-. The van der Waals surface area contributed by atoms with Gasteiger partial charge in [0.25, 0.3) is 0 Å². The Morgan fingerprint density at radius 3 is 2.13 bits per heavy atom. The molecule has 0 aliphatic carbocycles. The highest BCUT2D eigenvalue weighted by atomic mass is 19.1. The van der Waals surface area contributed by atoms with Crippen LogP contribution >= 0.6 is 0 Å². The SMILES string of the molecule is CCOC(=O)N/C(=C/C=C(\NC)NCc1ccc(F)cc1)CN.O=C(O)/C=C\C(=O)O. The number of hydrogen-bond acceptors (Lipinski definition) is 7. The van der Waals surface area contributed by atoms with E-state index in [4.69, 9.17) is 20.7 Å². The number of allylic oxidation sites excluding steroid dienone is 2. The third-order valence-electron chi connectivity index (χ3n) is 3.24. The molecule has 0 saturated carbocycles. The van der Waals surface area contributed by atoms with Crippen molar-refractivity contribution in [1.82, 2.24) is 16.0 Å². The summed E-state index contributed by atoms with van der Waals surface area (Å²) in [4.78, 5) is 30.5. The van der Waals surface area contributed by atoms with Crippen LogP contribution in [0.25, 0.3) is 0 Å². The van der Waals surface area contributed by atoms with Gasteiger partial charge in [0.15, 0.2) is 0 Å². The first-order valence-electron chi connectivity index (χ1n) is 9.06. The second-order valence-electron chi connectivity index (χ2n) is 5.56. The highest BCUT2D eigenvalue weighted by Gasteiger charge is 2.02. The minimum absolute atomic E-state index is 0.171. The summed E-state index contributed by atoms with van der Waals surface area (Å²) in [5.74, 6) is -2.05. The number of aliphatic carboxylic acids is 2. The maximum absolute atomic E-state index is 12.9. The fourth-order valence-electron chi connectivity index (χ4n) is 1.82. The van der Waals surface area contributed by atoms with Crippen molar-refractivity contribution >= 4 is 18.0 Å². The Kier molecular flexibility index (Phi) is 14.0. The lowest BCUT2D eigenvalue weighted by atomic mass is 10.2. The first kappa shape index (κ1) is 27.1. The van der Waals surface area contributed by atoms with Crippen molar-refractivity contribution in [2.75, 3.05) is 20.2 Å². The largest absolute Gasteiger partial charge is 0.478 e. The van der Waals surface area contributed by atoms with Gasteiger partial charge in [-0.2, -0.15) is 0 Å². The highest BCUT2D eigenvalue weighted by molar-refractivity contribution is 5.89. The van der Waals surface area contributed by atoms with Gasteiger partial charge in [-0.05, 0) is 36.8 Å². The van der Waals surface area contributed by atoms with E-state index in [1.165, 1.54) is 12.1 Å². The lowest BCUT2D eigenvalue weighted by molar-refractivity contribution is -0.134. The normalized spacial score (nSPS) is 11.2. The van der Waals surface area contributed by atoms with Crippen LogP contribution in [0.2, 0.25) is 0 Å². The van der Waals surface area contributed by atoms with Gasteiger partial charge in [-0.3, -0.25) is 5.32 Å². The number of alkyl carbamates (subject to hydrolysis) is 1. The van der Waals surface area contributed by atoms with Crippen molar-refractivity contribution < 1.29 is 33.7 Å². The average Bonchev–Trinajstić information content (AvgIpc) is 2.73. The van der Waals surface area contributed by atoms with Crippen LogP contribution in [-0.4, -0.2) is 48.4 Å². The zero-order valence-corrected chi connectivity index (χ0v) is 17.2. The van der Waals surface area contributed by atoms with Crippen LogP contribution in [0.3, 0.4) is 0 Å². The molecule has 10 nitrogen and oxygen atoms in total. The smallest absolute Gasteiger partial charge is 0.411 e. The Labute approximate surface area is 179 Å². The number of benzene rings is 1. The van der Waals surface area contributed by atoms with E-state index >= 15 is 0 Å². The van der Waals surface area contributed by atoms with E-state index in [-0.39, 0.29) is 12.4 Å². The molecule has 0 atom stereocenters. The van der Waals surface area contributed by atoms with Gasteiger partial charge in [-0.25, -0.2) is 18.8 Å². The summed E-state index contributed by atoms with van der Waals surface area (Å²) in [7, 11) is 1.76. The van der Waals surface area contributed by atoms with Crippen molar-refractivity contribution in [1.29, 1.82) is 0 Å². The molecule has 0 fully saturated rings. The van der Waals surface area contributed by atoms with Crippen molar-refractivity contribution in [2.24, 2.45) is 5.73 Å². The molecular weight excluding hydrogens is 411 g/mol. The number of nitrogens with two attached hydrogens (primary N) is 1. The average molecular weight is 438 g/mol. The van der Waals surface area contributed by atoms with Gasteiger partial charge in [0, 0.05) is 38.0 Å². The third-order valence-corrected chi connectivity index (χ3v) is 3.24. The summed E-state index contributed by atoms with van der Waals surface area (Å²) in [5, 5.41) is 24.3. The molecule has 0 aromatic heterocycles. The minimum Gasteiger partial charge on any atom is -0.478 e. The molecule has 0 saturated heterocycles. The van der Waals surface area contributed by atoms with Gasteiger partial charge in [0.2, 0.25) is 0 Å². The van der Waals surface area contributed by atoms with E-state index in [9.17, 15) is 18.8 Å². The van der Waals surface area contributed by atoms with Gasteiger partial charge in [-0.1, -0.05) is 12.1 Å². The van der Waals surface area contributed by atoms with Crippen LogP contribution in [-0.2, 0) is 20.9 Å². The molecule has 0 spiro atoms. The number of carboxylic acids is 2. The zero-order chi connectivity index (χ0) is 23.6. The van der Waals surface area contributed by atoms with Crippen LogP contribution in [0.15, 0.2) is 60.1 Å². The van der Waals surface area contributed by atoms with Gasteiger partial charge >= 0.3 is 18.0 Å². The van der Waals surface area contributed by atoms with Crippen molar-refractivity contribution in [3.05, 3.63) is 71.5 Å². The number of carboxylic acid groups (broad SMARTS) is 2. The molecule has 1 aromatic rings. The van der Waals surface area contributed by atoms with E-state index in [1.54, 1.807) is 38.3 Å². The molecule has 11 heteroatoms. The van der Waals surface area contributed by atoms with Gasteiger partial charge < -0.3 is 31.3 Å². The van der Waals surface area contributed by atoms with Crippen LogP contribution in [0.4, 0.5) is 9.18 Å². The molecule has 0 bridgehead atoms. The lowest BCUT2D eigenvalue weighted by Gasteiger charge is -2.11. The van der Waals surface area contributed by atoms with Crippen LogP contribution in [0.5, 0.6) is 0 Å². The monoisotopic (exact) mass is 438 g/mol. The van der Waals surface area contributed by atoms with E-state index in [2.05, 4.69) is 16.0 Å². The molecule has 7 N–H and O–H groups in total. The Bertz CT molecular complexity index is 790.